The van der Waals surface area contributed by atoms with E-state index in [-0.39, 0.29) is 5.60 Å². The minimum atomic E-state index is 0.114. The Bertz CT molecular complexity index is 204. The molecule has 17 heavy (non-hydrogen) atoms. The van der Waals surface area contributed by atoms with Gasteiger partial charge in [-0.3, -0.25) is 0 Å². The smallest absolute Gasteiger partial charge is 0.0743 e. The van der Waals surface area contributed by atoms with Crippen molar-refractivity contribution in [1.82, 2.24) is 5.32 Å². The second-order valence-electron chi connectivity index (χ2n) is 5.51. The van der Waals surface area contributed by atoms with Gasteiger partial charge in [0.25, 0.3) is 0 Å². The number of hydrogen-bond donors (Lipinski definition) is 1. The second-order valence-corrected chi connectivity index (χ2v) is 5.51. The summed E-state index contributed by atoms with van der Waals surface area (Å²) in [5.74, 6) is 0. The third-order valence-corrected chi connectivity index (χ3v) is 4.11. The second kappa shape index (κ2) is 6.17. The predicted molar refractivity (Wildman–Crippen MR) is 69.3 cm³/mol. The van der Waals surface area contributed by atoms with Crippen molar-refractivity contribution in [3.8, 4) is 0 Å². The first-order chi connectivity index (χ1) is 8.28. The zero-order chi connectivity index (χ0) is 12.1. The van der Waals surface area contributed by atoms with Crippen molar-refractivity contribution in [2.75, 3.05) is 19.8 Å². The van der Waals surface area contributed by atoms with Crippen LogP contribution in [0.15, 0.2) is 0 Å². The van der Waals surface area contributed by atoms with Crippen LogP contribution in [-0.2, 0) is 9.47 Å². The molecule has 2 aliphatic heterocycles. The van der Waals surface area contributed by atoms with E-state index >= 15 is 0 Å². The van der Waals surface area contributed by atoms with E-state index in [1.165, 1.54) is 19.3 Å². The van der Waals surface area contributed by atoms with Crippen LogP contribution in [0.1, 0.15) is 52.4 Å². The summed E-state index contributed by atoms with van der Waals surface area (Å²) < 4.78 is 12.0. The minimum absolute atomic E-state index is 0.114. The summed E-state index contributed by atoms with van der Waals surface area (Å²) in [5.41, 5.74) is 0.114. The van der Waals surface area contributed by atoms with E-state index in [9.17, 15) is 0 Å². The van der Waals surface area contributed by atoms with Gasteiger partial charge >= 0.3 is 0 Å². The summed E-state index contributed by atoms with van der Waals surface area (Å²) in [5, 5.41) is 3.58. The summed E-state index contributed by atoms with van der Waals surface area (Å²) in [6, 6.07) is 0.647. The maximum Gasteiger partial charge on any atom is 0.0743 e. The highest BCUT2D eigenvalue weighted by atomic mass is 16.5. The van der Waals surface area contributed by atoms with Crippen molar-refractivity contribution in [2.45, 2.75) is 70.1 Å². The van der Waals surface area contributed by atoms with Gasteiger partial charge in [0.15, 0.2) is 0 Å². The molecule has 2 fully saturated rings. The van der Waals surface area contributed by atoms with E-state index in [1.54, 1.807) is 0 Å². The Labute approximate surface area is 105 Å². The first kappa shape index (κ1) is 13.3. The van der Waals surface area contributed by atoms with E-state index in [4.69, 9.17) is 9.47 Å². The molecule has 0 saturated carbocycles. The van der Waals surface area contributed by atoms with Crippen LogP contribution in [-0.4, -0.2) is 37.5 Å². The fourth-order valence-corrected chi connectivity index (χ4v) is 3.30. The molecule has 100 valence electrons. The molecule has 0 aromatic carbocycles. The molecule has 0 radical (unpaired) electrons. The van der Waals surface area contributed by atoms with Crippen LogP contribution in [0.25, 0.3) is 0 Å². The first-order valence-electron chi connectivity index (χ1n) is 7.27. The minimum Gasteiger partial charge on any atom is -0.378 e. The number of hydrogen-bond acceptors (Lipinski definition) is 3. The predicted octanol–water partition coefficient (Wildman–Crippen LogP) is 2.49. The Morgan fingerprint density at radius 2 is 2.12 bits per heavy atom. The van der Waals surface area contributed by atoms with E-state index < -0.39 is 0 Å². The van der Waals surface area contributed by atoms with Gasteiger partial charge in [-0.05, 0) is 32.2 Å². The van der Waals surface area contributed by atoms with E-state index in [2.05, 4.69) is 19.2 Å². The lowest BCUT2D eigenvalue weighted by molar-refractivity contribution is -0.163. The molecular formula is C14H27NO2. The third kappa shape index (κ3) is 3.43. The lowest BCUT2D eigenvalue weighted by Crippen LogP contribution is -2.51. The van der Waals surface area contributed by atoms with Crippen molar-refractivity contribution in [1.29, 1.82) is 0 Å². The molecule has 2 saturated heterocycles. The molecule has 0 amide bonds. The molecule has 0 aliphatic carbocycles. The van der Waals surface area contributed by atoms with Crippen LogP contribution in [0.4, 0.5) is 0 Å². The van der Waals surface area contributed by atoms with Gasteiger partial charge in [-0.2, -0.15) is 0 Å². The topological polar surface area (TPSA) is 30.5 Å². The molecule has 2 aliphatic rings. The van der Waals surface area contributed by atoms with Crippen LogP contribution in [0.3, 0.4) is 0 Å². The summed E-state index contributed by atoms with van der Waals surface area (Å²) >= 11 is 0. The Hall–Kier alpha value is -0.120. The molecule has 3 unspecified atom stereocenters. The Morgan fingerprint density at radius 3 is 2.88 bits per heavy atom. The quantitative estimate of drug-likeness (QED) is 0.820. The van der Waals surface area contributed by atoms with Crippen molar-refractivity contribution < 1.29 is 9.47 Å². The Kier molecular flexibility index (Phi) is 4.83. The molecule has 0 aromatic rings. The molecule has 3 nitrogen and oxygen atoms in total. The van der Waals surface area contributed by atoms with Crippen molar-refractivity contribution >= 4 is 0 Å². The van der Waals surface area contributed by atoms with Gasteiger partial charge in [0, 0.05) is 25.7 Å². The van der Waals surface area contributed by atoms with Crippen molar-refractivity contribution in [3.05, 3.63) is 0 Å². The van der Waals surface area contributed by atoms with Gasteiger partial charge in [-0.25, -0.2) is 0 Å². The Morgan fingerprint density at radius 1 is 1.24 bits per heavy atom. The fraction of sp³-hybridized carbons (Fsp3) is 1.00. The molecule has 3 heteroatoms. The van der Waals surface area contributed by atoms with Crippen LogP contribution < -0.4 is 5.32 Å². The SMILES string of the molecule is CCCC1CC2(CCO1)CC(NCC)CCO2. The molecule has 3 atom stereocenters. The van der Waals surface area contributed by atoms with Gasteiger partial charge in [-0.15, -0.1) is 0 Å². The number of nitrogens with one attached hydrogen (secondary N) is 1. The molecule has 2 heterocycles. The number of rotatable bonds is 4. The molecule has 0 aromatic heterocycles. The van der Waals surface area contributed by atoms with Gasteiger partial charge in [-0.1, -0.05) is 20.3 Å². The lowest BCUT2D eigenvalue weighted by Gasteiger charge is -2.46. The molecule has 0 bridgehead atoms. The van der Waals surface area contributed by atoms with Crippen molar-refractivity contribution in [3.63, 3.8) is 0 Å². The number of ether oxygens (including phenoxy) is 2. The van der Waals surface area contributed by atoms with Crippen LogP contribution >= 0.6 is 0 Å². The monoisotopic (exact) mass is 241 g/mol. The third-order valence-electron chi connectivity index (χ3n) is 4.11. The summed E-state index contributed by atoms with van der Waals surface area (Å²) in [7, 11) is 0. The maximum absolute atomic E-state index is 6.14. The lowest BCUT2D eigenvalue weighted by atomic mass is 9.81. The first-order valence-corrected chi connectivity index (χ1v) is 7.27. The molecule has 1 spiro atoms. The zero-order valence-corrected chi connectivity index (χ0v) is 11.3. The molecular weight excluding hydrogens is 214 g/mol. The van der Waals surface area contributed by atoms with E-state index in [1.807, 2.05) is 0 Å². The van der Waals surface area contributed by atoms with Crippen LogP contribution in [0.5, 0.6) is 0 Å². The van der Waals surface area contributed by atoms with Gasteiger partial charge in [0.1, 0.15) is 0 Å². The van der Waals surface area contributed by atoms with E-state index in [0.717, 1.165) is 39.0 Å². The Balaban J connectivity index is 1.92. The summed E-state index contributed by atoms with van der Waals surface area (Å²) in [4.78, 5) is 0. The van der Waals surface area contributed by atoms with Gasteiger partial charge in [0.05, 0.1) is 11.7 Å². The van der Waals surface area contributed by atoms with Gasteiger partial charge < -0.3 is 14.8 Å². The largest absolute Gasteiger partial charge is 0.378 e. The summed E-state index contributed by atoms with van der Waals surface area (Å²) in [6.45, 7) is 7.27. The van der Waals surface area contributed by atoms with Crippen LogP contribution in [0, 0.1) is 0 Å². The average Bonchev–Trinajstić information content (AvgIpc) is 2.30. The zero-order valence-electron chi connectivity index (χ0n) is 11.3. The van der Waals surface area contributed by atoms with E-state index in [0.29, 0.717) is 12.1 Å². The fourth-order valence-electron chi connectivity index (χ4n) is 3.30. The molecule has 1 N–H and O–H groups in total. The highest BCUT2D eigenvalue weighted by Gasteiger charge is 2.41. The normalized spacial score (nSPS) is 38.5. The maximum atomic E-state index is 6.14. The standard InChI is InChI=1S/C14H27NO2/c1-3-5-13-11-14(7-9-16-13)10-12(15-4-2)6-8-17-14/h12-13,15H,3-11H2,1-2H3. The highest BCUT2D eigenvalue weighted by molar-refractivity contribution is 4.94. The van der Waals surface area contributed by atoms with Gasteiger partial charge in [0.2, 0.25) is 0 Å². The van der Waals surface area contributed by atoms with Crippen molar-refractivity contribution in [2.24, 2.45) is 0 Å². The highest BCUT2D eigenvalue weighted by Crippen LogP contribution is 2.37. The molecule has 2 rings (SSSR count). The van der Waals surface area contributed by atoms with Crippen LogP contribution in [0.2, 0.25) is 0 Å². The summed E-state index contributed by atoms with van der Waals surface area (Å²) in [6.07, 6.45) is 7.32. The average molecular weight is 241 g/mol.